The van der Waals surface area contributed by atoms with Crippen molar-refractivity contribution < 1.29 is 13.2 Å². The minimum Gasteiger partial charge on any atom is -0.294 e. The third kappa shape index (κ3) is 4.14. The van der Waals surface area contributed by atoms with Crippen molar-refractivity contribution in [1.82, 2.24) is 9.78 Å². The highest BCUT2D eigenvalue weighted by Crippen LogP contribution is 2.03. The molecule has 0 bridgehead atoms. The maximum atomic E-state index is 11.3. The largest absolute Gasteiger partial charge is 0.294 e. The van der Waals surface area contributed by atoms with Gasteiger partial charge in [-0.25, -0.2) is 8.42 Å². The Balaban J connectivity index is 2.50. The number of Topliss-reactive ketones (excluding diaryl/α,β-unsaturated/α-hetero) is 1. The van der Waals surface area contributed by atoms with Crippen LogP contribution in [0.15, 0.2) is 12.4 Å². The summed E-state index contributed by atoms with van der Waals surface area (Å²) >= 11 is 0. The van der Waals surface area contributed by atoms with Crippen LogP contribution in [0.4, 0.5) is 0 Å². The molecular weight excluding hydrogens is 228 g/mol. The number of rotatable bonds is 6. The summed E-state index contributed by atoms with van der Waals surface area (Å²) < 4.78 is 23.4. The fourth-order valence-corrected chi connectivity index (χ4v) is 1.98. The van der Waals surface area contributed by atoms with Gasteiger partial charge in [-0.15, -0.1) is 0 Å². The van der Waals surface area contributed by atoms with Crippen molar-refractivity contribution in [3.8, 4) is 0 Å². The number of aromatic nitrogens is 2. The van der Waals surface area contributed by atoms with Gasteiger partial charge in [-0.1, -0.05) is 6.92 Å². The summed E-state index contributed by atoms with van der Waals surface area (Å²) in [6.07, 6.45) is 5.36. The molecule has 90 valence electrons. The molecule has 0 saturated carbocycles. The highest BCUT2D eigenvalue weighted by Gasteiger charge is 2.07. The van der Waals surface area contributed by atoms with E-state index in [1.807, 2.05) is 0 Å². The number of ketones is 1. The van der Waals surface area contributed by atoms with E-state index in [0.717, 1.165) is 0 Å². The highest BCUT2D eigenvalue weighted by molar-refractivity contribution is 7.90. The SMILES string of the molecule is CCC(=O)c1cnn(CCCS(C)(=O)=O)c1. The third-order valence-electron chi connectivity index (χ3n) is 2.18. The summed E-state index contributed by atoms with van der Waals surface area (Å²) in [5, 5.41) is 4.01. The summed E-state index contributed by atoms with van der Waals surface area (Å²) in [5.41, 5.74) is 0.585. The molecule has 1 rings (SSSR count). The van der Waals surface area contributed by atoms with E-state index in [0.29, 0.717) is 24.9 Å². The van der Waals surface area contributed by atoms with Gasteiger partial charge in [0.1, 0.15) is 9.84 Å². The van der Waals surface area contributed by atoms with Crippen molar-refractivity contribution in [2.75, 3.05) is 12.0 Å². The van der Waals surface area contributed by atoms with Crippen LogP contribution in [-0.2, 0) is 16.4 Å². The highest BCUT2D eigenvalue weighted by atomic mass is 32.2. The summed E-state index contributed by atoms with van der Waals surface area (Å²) in [6, 6.07) is 0. The van der Waals surface area contributed by atoms with E-state index in [2.05, 4.69) is 5.10 Å². The van der Waals surface area contributed by atoms with Gasteiger partial charge in [0, 0.05) is 25.4 Å². The Labute approximate surface area is 95.4 Å². The molecule has 0 amide bonds. The van der Waals surface area contributed by atoms with E-state index in [9.17, 15) is 13.2 Å². The number of nitrogens with zero attached hydrogens (tertiary/aromatic N) is 2. The van der Waals surface area contributed by atoms with E-state index in [4.69, 9.17) is 0 Å². The molecule has 1 aromatic rings. The molecule has 0 aliphatic heterocycles. The molecule has 0 fully saturated rings. The van der Waals surface area contributed by atoms with E-state index in [1.54, 1.807) is 17.8 Å². The standard InChI is InChI=1S/C10H16N2O3S/c1-3-10(13)9-7-11-12(8-9)5-4-6-16(2,14)15/h7-8H,3-6H2,1-2H3. The lowest BCUT2D eigenvalue weighted by atomic mass is 10.2. The maximum absolute atomic E-state index is 11.3. The van der Waals surface area contributed by atoms with Crippen LogP contribution < -0.4 is 0 Å². The van der Waals surface area contributed by atoms with Gasteiger partial charge in [-0.05, 0) is 6.42 Å². The second-order valence-corrected chi connectivity index (χ2v) is 6.01. The van der Waals surface area contributed by atoms with Crippen molar-refractivity contribution >= 4 is 15.6 Å². The van der Waals surface area contributed by atoms with Crippen LogP contribution in [0.1, 0.15) is 30.1 Å². The first kappa shape index (κ1) is 12.9. The maximum Gasteiger partial charge on any atom is 0.165 e. The van der Waals surface area contributed by atoms with Gasteiger partial charge in [0.2, 0.25) is 0 Å². The van der Waals surface area contributed by atoms with E-state index in [1.165, 1.54) is 12.5 Å². The van der Waals surface area contributed by atoms with Gasteiger partial charge in [0.25, 0.3) is 0 Å². The lowest BCUT2D eigenvalue weighted by Crippen LogP contribution is -2.07. The van der Waals surface area contributed by atoms with Crippen LogP contribution in [0.25, 0.3) is 0 Å². The molecule has 0 unspecified atom stereocenters. The normalized spacial score (nSPS) is 11.6. The molecule has 0 N–H and O–H groups in total. The molecule has 0 aromatic carbocycles. The molecule has 0 atom stereocenters. The Morgan fingerprint density at radius 2 is 2.19 bits per heavy atom. The van der Waals surface area contributed by atoms with Crippen LogP contribution >= 0.6 is 0 Å². The predicted octanol–water partition coefficient (Wildman–Crippen LogP) is 0.911. The van der Waals surface area contributed by atoms with Crippen molar-refractivity contribution in [2.45, 2.75) is 26.3 Å². The Morgan fingerprint density at radius 1 is 1.50 bits per heavy atom. The van der Waals surface area contributed by atoms with Gasteiger partial charge in [-0.2, -0.15) is 5.10 Å². The lowest BCUT2D eigenvalue weighted by Gasteiger charge is -1.99. The third-order valence-corrected chi connectivity index (χ3v) is 3.21. The Kier molecular flexibility index (Phi) is 4.23. The fourth-order valence-electron chi connectivity index (χ4n) is 1.32. The molecule has 0 aliphatic rings. The van der Waals surface area contributed by atoms with Gasteiger partial charge >= 0.3 is 0 Å². The first-order valence-corrected chi connectivity index (χ1v) is 7.22. The van der Waals surface area contributed by atoms with Crippen LogP contribution in [-0.4, -0.2) is 36.0 Å². The first-order chi connectivity index (χ1) is 7.42. The van der Waals surface area contributed by atoms with Crippen molar-refractivity contribution in [3.05, 3.63) is 18.0 Å². The fraction of sp³-hybridized carbons (Fsp3) is 0.600. The molecule has 0 saturated heterocycles. The predicted molar refractivity (Wildman–Crippen MR) is 61.2 cm³/mol. The molecule has 0 radical (unpaired) electrons. The lowest BCUT2D eigenvalue weighted by molar-refractivity contribution is 0.0988. The number of hydrogen-bond acceptors (Lipinski definition) is 4. The second-order valence-electron chi connectivity index (χ2n) is 3.75. The number of aryl methyl sites for hydroxylation is 1. The van der Waals surface area contributed by atoms with Gasteiger partial charge in [0.05, 0.1) is 17.5 Å². The smallest absolute Gasteiger partial charge is 0.165 e. The monoisotopic (exact) mass is 244 g/mol. The van der Waals surface area contributed by atoms with Crippen molar-refractivity contribution in [3.63, 3.8) is 0 Å². The molecule has 0 aliphatic carbocycles. The number of carbonyl (C=O) groups excluding carboxylic acids is 1. The van der Waals surface area contributed by atoms with E-state index >= 15 is 0 Å². The second kappa shape index (κ2) is 5.25. The Morgan fingerprint density at radius 3 is 2.75 bits per heavy atom. The zero-order valence-corrected chi connectivity index (χ0v) is 10.3. The van der Waals surface area contributed by atoms with E-state index in [-0.39, 0.29) is 11.5 Å². The van der Waals surface area contributed by atoms with Crippen LogP contribution in [0.5, 0.6) is 0 Å². The molecular formula is C10H16N2O3S. The van der Waals surface area contributed by atoms with E-state index < -0.39 is 9.84 Å². The molecule has 5 nitrogen and oxygen atoms in total. The topological polar surface area (TPSA) is 69.0 Å². The van der Waals surface area contributed by atoms with Crippen molar-refractivity contribution in [2.24, 2.45) is 0 Å². The number of carbonyl (C=O) groups is 1. The zero-order chi connectivity index (χ0) is 12.2. The average Bonchev–Trinajstić information content (AvgIpc) is 2.63. The van der Waals surface area contributed by atoms with Gasteiger partial charge in [-0.3, -0.25) is 9.48 Å². The van der Waals surface area contributed by atoms with Crippen LogP contribution in [0.3, 0.4) is 0 Å². The Bertz CT molecular complexity index is 462. The summed E-state index contributed by atoms with van der Waals surface area (Å²) in [4.78, 5) is 11.3. The molecule has 16 heavy (non-hydrogen) atoms. The van der Waals surface area contributed by atoms with Gasteiger partial charge in [0.15, 0.2) is 5.78 Å². The molecule has 0 spiro atoms. The van der Waals surface area contributed by atoms with Gasteiger partial charge < -0.3 is 0 Å². The average molecular weight is 244 g/mol. The summed E-state index contributed by atoms with van der Waals surface area (Å²) in [7, 11) is -2.92. The van der Waals surface area contributed by atoms with Crippen LogP contribution in [0, 0.1) is 0 Å². The number of hydrogen-bond donors (Lipinski definition) is 0. The molecule has 6 heteroatoms. The molecule has 1 aromatic heterocycles. The Hall–Kier alpha value is -1.17. The molecule has 1 heterocycles. The first-order valence-electron chi connectivity index (χ1n) is 5.16. The minimum atomic E-state index is -2.92. The summed E-state index contributed by atoms with van der Waals surface area (Å²) in [6.45, 7) is 2.31. The number of sulfone groups is 1. The summed E-state index contributed by atoms with van der Waals surface area (Å²) in [5.74, 6) is 0.193. The van der Waals surface area contributed by atoms with Crippen LogP contribution in [0.2, 0.25) is 0 Å². The van der Waals surface area contributed by atoms with Crippen molar-refractivity contribution in [1.29, 1.82) is 0 Å². The zero-order valence-electron chi connectivity index (χ0n) is 9.51. The minimum absolute atomic E-state index is 0.0503. The quantitative estimate of drug-likeness (QED) is 0.697.